The Morgan fingerprint density at radius 2 is 2.08 bits per heavy atom. The fourth-order valence-corrected chi connectivity index (χ4v) is 3.71. The number of likely N-dealkylation sites (tertiary alicyclic amines) is 1. The molecule has 25 heavy (non-hydrogen) atoms. The van der Waals surface area contributed by atoms with E-state index in [2.05, 4.69) is 27.0 Å². The summed E-state index contributed by atoms with van der Waals surface area (Å²) in [6.45, 7) is 3.50. The number of nitrogens with zero attached hydrogens (tertiary/aromatic N) is 3. The lowest BCUT2D eigenvalue weighted by atomic mass is 9.84. The predicted octanol–water partition coefficient (Wildman–Crippen LogP) is 2.30. The summed E-state index contributed by atoms with van der Waals surface area (Å²) >= 11 is 0. The van der Waals surface area contributed by atoms with E-state index in [1.165, 1.54) is 5.56 Å². The van der Waals surface area contributed by atoms with Crippen LogP contribution in [-0.4, -0.2) is 53.4 Å². The number of hydrogen-bond donors (Lipinski definition) is 0. The van der Waals surface area contributed by atoms with Gasteiger partial charge in [0.15, 0.2) is 0 Å². The maximum Gasteiger partial charge on any atom is 0.316 e. The molecule has 1 atom stereocenters. The van der Waals surface area contributed by atoms with Crippen molar-refractivity contribution in [3.63, 3.8) is 0 Å². The number of benzene rings is 1. The van der Waals surface area contributed by atoms with Crippen molar-refractivity contribution in [2.45, 2.75) is 31.1 Å². The van der Waals surface area contributed by atoms with E-state index in [4.69, 9.17) is 14.2 Å². The second-order valence-electron chi connectivity index (χ2n) is 6.79. The van der Waals surface area contributed by atoms with Crippen LogP contribution in [0, 0.1) is 0 Å². The van der Waals surface area contributed by atoms with E-state index in [-0.39, 0.29) is 11.7 Å². The normalized spacial score (nSPS) is 22.4. The molecular formula is C19H23N3O3. The van der Waals surface area contributed by atoms with Gasteiger partial charge in [-0.3, -0.25) is 4.90 Å². The first kappa shape index (κ1) is 16.3. The van der Waals surface area contributed by atoms with Crippen molar-refractivity contribution in [2.75, 3.05) is 26.8 Å². The minimum absolute atomic E-state index is 0.0867. The summed E-state index contributed by atoms with van der Waals surface area (Å²) in [7, 11) is 1.70. The molecule has 2 aromatic rings. The van der Waals surface area contributed by atoms with Gasteiger partial charge in [0.05, 0.1) is 19.3 Å². The highest BCUT2D eigenvalue weighted by atomic mass is 16.5. The Balaban J connectivity index is 1.32. The molecule has 0 amide bonds. The molecule has 1 spiro atoms. The summed E-state index contributed by atoms with van der Waals surface area (Å²) < 4.78 is 17.3. The maximum atomic E-state index is 6.10. The SMILES string of the molecule is COc1cccc(CN2CC3(CC(Oc4ncccn4)CCO3)C2)c1. The molecule has 2 aliphatic rings. The first-order valence-electron chi connectivity index (χ1n) is 8.68. The summed E-state index contributed by atoms with van der Waals surface area (Å²) in [5.74, 6) is 0.901. The molecule has 1 aromatic carbocycles. The molecule has 2 saturated heterocycles. The second kappa shape index (κ2) is 6.98. The molecule has 2 fully saturated rings. The van der Waals surface area contributed by atoms with Crippen molar-refractivity contribution >= 4 is 0 Å². The molecule has 0 aliphatic carbocycles. The molecule has 3 heterocycles. The van der Waals surface area contributed by atoms with E-state index in [0.717, 1.165) is 44.8 Å². The first-order valence-corrected chi connectivity index (χ1v) is 8.68. The smallest absolute Gasteiger partial charge is 0.316 e. The van der Waals surface area contributed by atoms with Crippen LogP contribution in [0.2, 0.25) is 0 Å². The zero-order valence-electron chi connectivity index (χ0n) is 14.4. The fourth-order valence-electron chi connectivity index (χ4n) is 3.71. The van der Waals surface area contributed by atoms with Gasteiger partial charge >= 0.3 is 6.01 Å². The van der Waals surface area contributed by atoms with Crippen LogP contribution in [0.3, 0.4) is 0 Å². The highest BCUT2D eigenvalue weighted by Crippen LogP contribution is 2.36. The van der Waals surface area contributed by atoms with Gasteiger partial charge in [-0.25, -0.2) is 9.97 Å². The summed E-state index contributed by atoms with van der Waals surface area (Å²) in [5, 5.41) is 0. The standard InChI is InChI=1S/C19H23N3O3/c1-23-16-5-2-4-15(10-16)12-22-13-19(14-22)11-17(6-9-24-19)25-18-20-7-3-8-21-18/h2-5,7-8,10,17H,6,9,11-14H2,1H3. The van der Waals surface area contributed by atoms with Gasteiger partial charge < -0.3 is 14.2 Å². The van der Waals surface area contributed by atoms with Crippen LogP contribution >= 0.6 is 0 Å². The zero-order valence-corrected chi connectivity index (χ0v) is 14.4. The van der Waals surface area contributed by atoms with E-state index >= 15 is 0 Å². The molecular weight excluding hydrogens is 318 g/mol. The van der Waals surface area contributed by atoms with Crippen LogP contribution in [0.25, 0.3) is 0 Å². The first-order chi connectivity index (χ1) is 12.2. The lowest BCUT2D eigenvalue weighted by Crippen LogP contribution is -2.65. The quantitative estimate of drug-likeness (QED) is 0.832. The monoisotopic (exact) mass is 341 g/mol. The van der Waals surface area contributed by atoms with Crippen molar-refractivity contribution in [1.29, 1.82) is 0 Å². The summed E-state index contributed by atoms with van der Waals surface area (Å²) in [6.07, 6.45) is 5.30. The van der Waals surface area contributed by atoms with E-state index in [1.54, 1.807) is 25.6 Å². The van der Waals surface area contributed by atoms with Crippen LogP contribution in [0.15, 0.2) is 42.7 Å². The topological polar surface area (TPSA) is 56.7 Å². The fraction of sp³-hybridized carbons (Fsp3) is 0.474. The van der Waals surface area contributed by atoms with E-state index in [9.17, 15) is 0 Å². The molecule has 0 saturated carbocycles. The van der Waals surface area contributed by atoms with Gasteiger partial charge in [-0.15, -0.1) is 0 Å². The molecule has 4 rings (SSSR count). The Morgan fingerprint density at radius 3 is 2.88 bits per heavy atom. The molecule has 6 nitrogen and oxygen atoms in total. The van der Waals surface area contributed by atoms with Crippen LogP contribution in [0.1, 0.15) is 18.4 Å². The van der Waals surface area contributed by atoms with Crippen molar-refractivity contribution in [3.05, 3.63) is 48.3 Å². The Bertz CT molecular complexity index is 704. The average molecular weight is 341 g/mol. The van der Waals surface area contributed by atoms with Crippen molar-refractivity contribution in [2.24, 2.45) is 0 Å². The predicted molar refractivity (Wildman–Crippen MR) is 92.6 cm³/mol. The summed E-state index contributed by atoms with van der Waals surface area (Å²) in [5.41, 5.74) is 1.17. The number of aromatic nitrogens is 2. The minimum atomic E-state index is -0.0867. The average Bonchev–Trinajstić information content (AvgIpc) is 2.62. The van der Waals surface area contributed by atoms with Gasteiger partial charge in [0.25, 0.3) is 0 Å². The number of ether oxygens (including phenoxy) is 3. The van der Waals surface area contributed by atoms with Crippen LogP contribution in [0.4, 0.5) is 0 Å². The van der Waals surface area contributed by atoms with Gasteiger partial charge in [-0.1, -0.05) is 12.1 Å². The molecule has 1 aromatic heterocycles. The van der Waals surface area contributed by atoms with Crippen LogP contribution in [-0.2, 0) is 11.3 Å². The number of hydrogen-bond acceptors (Lipinski definition) is 6. The third kappa shape index (κ3) is 3.75. The van der Waals surface area contributed by atoms with Gasteiger partial charge in [-0.2, -0.15) is 0 Å². The van der Waals surface area contributed by atoms with Gasteiger partial charge in [-0.05, 0) is 23.8 Å². The van der Waals surface area contributed by atoms with Crippen molar-refractivity contribution in [3.8, 4) is 11.8 Å². The van der Waals surface area contributed by atoms with E-state index in [1.807, 2.05) is 12.1 Å². The highest BCUT2D eigenvalue weighted by Gasteiger charge is 2.48. The minimum Gasteiger partial charge on any atom is -0.497 e. The maximum absolute atomic E-state index is 6.10. The lowest BCUT2D eigenvalue weighted by Gasteiger charge is -2.53. The van der Waals surface area contributed by atoms with Gasteiger partial charge in [0.1, 0.15) is 11.9 Å². The number of rotatable bonds is 5. The Morgan fingerprint density at radius 1 is 1.24 bits per heavy atom. The van der Waals surface area contributed by atoms with E-state index < -0.39 is 0 Å². The molecule has 0 N–H and O–H groups in total. The zero-order chi connectivity index (χ0) is 17.1. The van der Waals surface area contributed by atoms with E-state index in [0.29, 0.717) is 6.01 Å². The Labute approximate surface area is 147 Å². The number of methoxy groups -OCH3 is 1. The molecule has 0 bridgehead atoms. The molecule has 2 aliphatic heterocycles. The highest BCUT2D eigenvalue weighted by molar-refractivity contribution is 5.28. The van der Waals surface area contributed by atoms with Crippen LogP contribution in [0.5, 0.6) is 11.8 Å². The lowest BCUT2D eigenvalue weighted by molar-refractivity contribution is -0.188. The third-order valence-electron chi connectivity index (χ3n) is 4.83. The Kier molecular flexibility index (Phi) is 4.55. The van der Waals surface area contributed by atoms with Crippen LogP contribution < -0.4 is 9.47 Å². The molecule has 6 heteroatoms. The molecule has 1 unspecified atom stereocenters. The van der Waals surface area contributed by atoms with Crippen molar-refractivity contribution in [1.82, 2.24) is 14.9 Å². The summed E-state index contributed by atoms with van der Waals surface area (Å²) in [6, 6.07) is 10.5. The largest absolute Gasteiger partial charge is 0.497 e. The third-order valence-corrected chi connectivity index (χ3v) is 4.83. The van der Waals surface area contributed by atoms with Gasteiger partial charge in [0.2, 0.25) is 0 Å². The Hall–Kier alpha value is -2.18. The summed E-state index contributed by atoms with van der Waals surface area (Å²) in [4.78, 5) is 10.7. The van der Waals surface area contributed by atoms with Crippen molar-refractivity contribution < 1.29 is 14.2 Å². The molecule has 132 valence electrons. The molecule has 0 radical (unpaired) electrons. The van der Waals surface area contributed by atoms with Gasteiger partial charge in [0, 0.05) is 44.9 Å². The second-order valence-corrected chi connectivity index (χ2v) is 6.79.